The van der Waals surface area contributed by atoms with Crippen LogP contribution in [0.2, 0.25) is 5.02 Å². The van der Waals surface area contributed by atoms with E-state index < -0.39 is 5.60 Å². The number of amides is 1. The molecule has 1 aromatic rings. The Labute approximate surface area is 112 Å². The van der Waals surface area contributed by atoms with Crippen LogP contribution in [-0.4, -0.2) is 23.2 Å². The van der Waals surface area contributed by atoms with Gasteiger partial charge in [-0.25, -0.2) is 0 Å². The topological polar surface area (TPSA) is 49.3 Å². The van der Waals surface area contributed by atoms with Crippen molar-refractivity contribution in [3.8, 4) is 0 Å². The lowest BCUT2D eigenvalue weighted by atomic mass is 9.85. The van der Waals surface area contributed by atoms with Crippen LogP contribution in [0.5, 0.6) is 0 Å². The Morgan fingerprint density at radius 3 is 2.61 bits per heavy atom. The minimum Gasteiger partial charge on any atom is -0.388 e. The van der Waals surface area contributed by atoms with Gasteiger partial charge in [0.25, 0.3) is 5.91 Å². The van der Waals surface area contributed by atoms with Crippen LogP contribution in [0.3, 0.4) is 0 Å². The molecule has 2 N–H and O–H groups in total. The Bertz CT molecular complexity index is 428. The van der Waals surface area contributed by atoms with E-state index in [1.54, 1.807) is 24.3 Å². The molecule has 18 heavy (non-hydrogen) atoms. The van der Waals surface area contributed by atoms with Crippen LogP contribution in [0, 0.1) is 0 Å². The first-order chi connectivity index (χ1) is 8.61. The summed E-state index contributed by atoms with van der Waals surface area (Å²) in [7, 11) is 0. The Morgan fingerprint density at radius 2 is 1.94 bits per heavy atom. The van der Waals surface area contributed by atoms with Gasteiger partial charge in [-0.05, 0) is 25.0 Å². The molecular weight excluding hydrogens is 250 g/mol. The maximum Gasteiger partial charge on any atom is 0.252 e. The van der Waals surface area contributed by atoms with Crippen molar-refractivity contribution >= 4 is 17.5 Å². The van der Waals surface area contributed by atoms with E-state index in [4.69, 9.17) is 11.6 Å². The van der Waals surface area contributed by atoms with Gasteiger partial charge >= 0.3 is 0 Å². The van der Waals surface area contributed by atoms with E-state index in [-0.39, 0.29) is 5.91 Å². The van der Waals surface area contributed by atoms with Gasteiger partial charge in [0, 0.05) is 6.54 Å². The van der Waals surface area contributed by atoms with Gasteiger partial charge in [-0.1, -0.05) is 43.0 Å². The van der Waals surface area contributed by atoms with Crippen molar-refractivity contribution in [2.24, 2.45) is 0 Å². The minimum atomic E-state index is -0.741. The molecule has 2 rings (SSSR count). The minimum absolute atomic E-state index is 0.223. The molecular formula is C14H18ClNO2. The predicted molar refractivity (Wildman–Crippen MR) is 71.8 cm³/mol. The smallest absolute Gasteiger partial charge is 0.252 e. The third kappa shape index (κ3) is 3.24. The molecule has 0 aliphatic heterocycles. The molecule has 0 spiro atoms. The first-order valence-electron chi connectivity index (χ1n) is 6.36. The molecule has 0 aromatic heterocycles. The van der Waals surface area contributed by atoms with E-state index in [0.717, 1.165) is 25.7 Å². The third-order valence-corrected chi connectivity index (χ3v) is 3.81. The average molecular weight is 268 g/mol. The second-order valence-corrected chi connectivity index (χ2v) is 5.35. The average Bonchev–Trinajstić information content (AvgIpc) is 2.38. The number of halogens is 1. The Kier molecular flexibility index (Phi) is 4.25. The summed E-state index contributed by atoms with van der Waals surface area (Å²) >= 11 is 5.95. The molecule has 0 radical (unpaired) electrons. The molecule has 0 heterocycles. The summed E-state index contributed by atoms with van der Waals surface area (Å²) in [5.74, 6) is -0.223. The summed E-state index contributed by atoms with van der Waals surface area (Å²) in [6, 6.07) is 6.93. The number of aliphatic hydroxyl groups is 1. The fourth-order valence-electron chi connectivity index (χ4n) is 2.37. The molecule has 0 saturated heterocycles. The molecule has 4 heteroatoms. The largest absolute Gasteiger partial charge is 0.388 e. The molecule has 1 saturated carbocycles. The van der Waals surface area contributed by atoms with Gasteiger partial charge in [0.15, 0.2) is 0 Å². The number of benzene rings is 1. The quantitative estimate of drug-likeness (QED) is 0.885. The van der Waals surface area contributed by atoms with Gasteiger partial charge in [-0.15, -0.1) is 0 Å². The number of carbonyl (C=O) groups excluding carboxylic acids is 1. The molecule has 0 bridgehead atoms. The normalized spacial score (nSPS) is 18.3. The summed E-state index contributed by atoms with van der Waals surface area (Å²) in [4.78, 5) is 11.9. The third-order valence-electron chi connectivity index (χ3n) is 3.48. The van der Waals surface area contributed by atoms with Crippen molar-refractivity contribution in [2.75, 3.05) is 6.54 Å². The predicted octanol–water partition coefficient (Wildman–Crippen LogP) is 2.77. The lowest BCUT2D eigenvalue weighted by Crippen LogP contribution is -2.44. The van der Waals surface area contributed by atoms with Gasteiger partial charge in [0.1, 0.15) is 0 Å². The zero-order valence-electron chi connectivity index (χ0n) is 10.3. The number of hydrogen-bond acceptors (Lipinski definition) is 2. The van der Waals surface area contributed by atoms with Crippen LogP contribution in [-0.2, 0) is 0 Å². The Balaban J connectivity index is 1.94. The molecule has 1 fully saturated rings. The summed E-state index contributed by atoms with van der Waals surface area (Å²) in [6.45, 7) is 0.303. The lowest BCUT2D eigenvalue weighted by Gasteiger charge is -2.32. The van der Waals surface area contributed by atoms with E-state index in [1.165, 1.54) is 6.42 Å². The number of nitrogens with one attached hydrogen (secondary N) is 1. The monoisotopic (exact) mass is 267 g/mol. The standard InChI is InChI=1S/C14H18ClNO2/c15-12-7-3-2-6-11(12)13(17)16-10-14(18)8-4-1-5-9-14/h2-3,6-7,18H,1,4-5,8-10H2,(H,16,17). The molecule has 3 nitrogen and oxygen atoms in total. The van der Waals surface area contributed by atoms with Gasteiger partial charge in [0.05, 0.1) is 16.2 Å². The van der Waals surface area contributed by atoms with Crippen LogP contribution in [0.25, 0.3) is 0 Å². The van der Waals surface area contributed by atoms with Crippen molar-refractivity contribution in [1.82, 2.24) is 5.32 Å². The van der Waals surface area contributed by atoms with Crippen LogP contribution in [0.1, 0.15) is 42.5 Å². The molecule has 1 amide bonds. The highest BCUT2D eigenvalue weighted by Crippen LogP contribution is 2.27. The molecule has 0 unspecified atom stereocenters. The van der Waals surface area contributed by atoms with Crippen LogP contribution < -0.4 is 5.32 Å². The second-order valence-electron chi connectivity index (χ2n) is 4.95. The van der Waals surface area contributed by atoms with E-state index >= 15 is 0 Å². The van der Waals surface area contributed by atoms with Crippen LogP contribution in [0.15, 0.2) is 24.3 Å². The van der Waals surface area contributed by atoms with E-state index in [1.807, 2.05) is 0 Å². The summed E-state index contributed by atoms with van der Waals surface area (Å²) in [5, 5.41) is 13.5. The molecule has 1 aliphatic carbocycles. The van der Waals surface area contributed by atoms with Gasteiger partial charge in [0.2, 0.25) is 0 Å². The zero-order chi connectivity index (χ0) is 13.0. The van der Waals surface area contributed by atoms with Crippen molar-refractivity contribution in [2.45, 2.75) is 37.7 Å². The zero-order valence-corrected chi connectivity index (χ0v) is 11.0. The first-order valence-corrected chi connectivity index (χ1v) is 6.74. The second kappa shape index (κ2) is 5.72. The maximum atomic E-state index is 11.9. The van der Waals surface area contributed by atoms with E-state index in [0.29, 0.717) is 17.1 Å². The van der Waals surface area contributed by atoms with E-state index in [9.17, 15) is 9.90 Å². The van der Waals surface area contributed by atoms with Crippen molar-refractivity contribution in [3.05, 3.63) is 34.9 Å². The number of hydrogen-bond donors (Lipinski definition) is 2. The SMILES string of the molecule is O=C(NCC1(O)CCCCC1)c1ccccc1Cl. The number of carbonyl (C=O) groups is 1. The number of rotatable bonds is 3. The van der Waals surface area contributed by atoms with Crippen molar-refractivity contribution in [1.29, 1.82) is 0 Å². The van der Waals surface area contributed by atoms with Gasteiger partial charge < -0.3 is 10.4 Å². The Hall–Kier alpha value is -1.06. The summed E-state index contributed by atoms with van der Waals surface area (Å²) in [6.07, 6.45) is 4.74. The van der Waals surface area contributed by atoms with E-state index in [2.05, 4.69) is 5.32 Å². The maximum absolute atomic E-state index is 11.9. The lowest BCUT2D eigenvalue weighted by molar-refractivity contribution is 0.00526. The van der Waals surface area contributed by atoms with Crippen LogP contribution in [0.4, 0.5) is 0 Å². The fourth-order valence-corrected chi connectivity index (χ4v) is 2.59. The molecule has 98 valence electrons. The highest BCUT2D eigenvalue weighted by molar-refractivity contribution is 6.33. The Morgan fingerprint density at radius 1 is 1.28 bits per heavy atom. The first kappa shape index (κ1) is 13.4. The summed E-state index contributed by atoms with van der Waals surface area (Å²) in [5.41, 5.74) is -0.284. The highest BCUT2D eigenvalue weighted by Gasteiger charge is 2.29. The fraction of sp³-hybridized carbons (Fsp3) is 0.500. The highest BCUT2D eigenvalue weighted by atomic mass is 35.5. The molecule has 1 aromatic carbocycles. The van der Waals surface area contributed by atoms with Crippen molar-refractivity contribution < 1.29 is 9.90 Å². The van der Waals surface area contributed by atoms with Gasteiger partial charge in [-0.2, -0.15) is 0 Å². The molecule has 1 aliphatic rings. The summed E-state index contributed by atoms with van der Waals surface area (Å²) < 4.78 is 0. The molecule has 0 atom stereocenters. The van der Waals surface area contributed by atoms with Crippen molar-refractivity contribution in [3.63, 3.8) is 0 Å². The van der Waals surface area contributed by atoms with Crippen LogP contribution >= 0.6 is 11.6 Å². The van der Waals surface area contributed by atoms with Gasteiger partial charge in [-0.3, -0.25) is 4.79 Å².